The van der Waals surface area contributed by atoms with Gasteiger partial charge in [-0.25, -0.2) is 0 Å². The van der Waals surface area contributed by atoms with E-state index in [1.807, 2.05) is 43.3 Å². The fourth-order valence-electron chi connectivity index (χ4n) is 2.82. The Bertz CT molecular complexity index is 972. The molecule has 0 aliphatic heterocycles. The summed E-state index contributed by atoms with van der Waals surface area (Å²) in [5, 5.41) is 3.55. The third kappa shape index (κ3) is 3.26. The highest BCUT2D eigenvalue weighted by Gasteiger charge is 2.18. The van der Waals surface area contributed by atoms with E-state index in [1.165, 1.54) is 11.5 Å². The quantitative estimate of drug-likeness (QED) is 0.780. The lowest BCUT2D eigenvalue weighted by Crippen LogP contribution is -2.12. The van der Waals surface area contributed by atoms with Crippen molar-refractivity contribution >= 4 is 34.1 Å². The molecule has 1 heterocycles. The number of aromatic nitrogens is 1. The Morgan fingerprint density at radius 1 is 1.08 bits per heavy atom. The van der Waals surface area contributed by atoms with Crippen molar-refractivity contribution in [3.8, 4) is 5.75 Å². The fourth-order valence-corrected chi connectivity index (χ4v) is 2.82. The molecule has 0 aliphatic rings. The summed E-state index contributed by atoms with van der Waals surface area (Å²) in [6, 6.07) is 12.9. The predicted octanol–water partition coefficient (Wildman–Crippen LogP) is 3.63. The Morgan fingerprint density at radius 2 is 1.77 bits per heavy atom. The summed E-state index contributed by atoms with van der Waals surface area (Å²) in [6.07, 6.45) is 1.57. The lowest BCUT2D eigenvalue weighted by molar-refractivity contribution is 0.0941. The molecule has 3 rings (SSSR count). The summed E-state index contributed by atoms with van der Waals surface area (Å²) in [5.74, 6) is 0.193. The number of nitrogens with zero attached hydrogens (tertiary/aromatic N) is 2. The molecule has 3 aromatic rings. The van der Waals surface area contributed by atoms with Crippen LogP contribution in [0.15, 0.2) is 48.7 Å². The first-order chi connectivity index (χ1) is 12.4. The lowest BCUT2D eigenvalue weighted by Gasteiger charge is -2.13. The Kier molecular flexibility index (Phi) is 4.67. The molecule has 0 radical (unpaired) electrons. The van der Waals surface area contributed by atoms with Crippen molar-refractivity contribution in [1.82, 2.24) is 4.57 Å². The summed E-state index contributed by atoms with van der Waals surface area (Å²) in [5.41, 5.74) is 2.82. The maximum atomic E-state index is 12.8. The zero-order valence-corrected chi connectivity index (χ0v) is 15.2. The Morgan fingerprint density at radius 3 is 2.35 bits per heavy atom. The van der Waals surface area contributed by atoms with E-state index in [-0.39, 0.29) is 11.8 Å². The highest BCUT2D eigenvalue weighted by molar-refractivity contribution is 6.14. The SMILES string of the molecule is COc1ccc2c(c1)c(C(=O)Nc1ccc(N(C)C)cc1)cn2C(C)=O. The normalized spacial score (nSPS) is 10.6. The minimum atomic E-state index is -0.277. The van der Waals surface area contributed by atoms with Crippen LogP contribution < -0.4 is 15.0 Å². The van der Waals surface area contributed by atoms with Crippen molar-refractivity contribution in [3.63, 3.8) is 0 Å². The van der Waals surface area contributed by atoms with Crippen LogP contribution in [0.4, 0.5) is 11.4 Å². The molecular formula is C20H21N3O3. The zero-order chi connectivity index (χ0) is 18.8. The van der Waals surface area contributed by atoms with Crippen molar-refractivity contribution in [2.75, 3.05) is 31.4 Å². The van der Waals surface area contributed by atoms with Crippen LogP contribution >= 0.6 is 0 Å². The van der Waals surface area contributed by atoms with Crippen LogP contribution in [0.3, 0.4) is 0 Å². The van der Waals surface area contributed by atoms with Gasteiger partial charge in [0.1, 0.15) is 5.75 Å². The van der Waals surface area contributed by atoms with E-state index in [2.05, 4.69) is 5.32 Å². The maximum Gasteiger partial charge on any atom is 0.257 e. The number of amides is 1. The summed E-state index contributed by atoms with van der Waals surface area (Å²) in [6.45, 7) is 1.46. The third-order valence-electron chi connectivity index (χ3n) is 4.24. The van der Waals surface area contributed by atoms with Gasteiger partial charge < -0.3 is 15.0 Å². The van der Waals surface area contributed by atoms with E-state index < -0.39 is 0 Å². The van der Waals surface area contributed by atoms with E-state index in [1.54, 1.807) is 31.5 Å². The van der Waals surface area contributed by atoms with E-state index >= 15 is 0 Å². The van der Waals surface area contributed by atoms with Gasteiger partial charge in [-0.2, -0.15) is 0 Å². The first-order valence-electron chi connectivity index (χ1n) is 8.19. The molecule has 0 unspecified atom stereocenters. The number of nitrogens with one attached hydrogen (secondary N) is 1. The third-order valence-corrected chi connectivity index (χ3v) is 4.24. The van der Waals surface area contributed by atoms with Crippen molar-refractivity contribution in [2.24, 2.45) is 0 Å². The van der Waals surface area contributed by atoms with Gasteiger partial charge in [-0.3, -0.25) is 14.2 Å². The Balaban J connectivity index is 1.98. The monoisotopic (exact) mass is 351 g/mol. The minimum absolute atomic E-state index is 0.158. The molecular weight excluding hydrogens is 330 g/mol. The molecule has 1 N–H and O–H groups in total. The molecule has 0 saturated carbocycles. The van der Waals surface area contributed by atoms with Gasteiger partial charge in [0.05, 0.1) is 18.2 Å². The Labute approximate surface area is 152 Å². The smallest absolute Gasteiger partial charge is 0.257 e. The second-order valence-electron chi connectivity index (χ2n) is 6.21. The predicted molar refractivity (Wildman–Crippen MR) is 104 cm³/mol. The van der Waals surface area contributed by atoms with Crippen molar-refractivity contribution < 1.29 is 14.3 Å². The van der Waals surface area contributed by atoms with Gasteiger partial charge in [-0.1, -0.05) is 0 Å². The van der Waals surface area contributed by atoms with Crippen LogP contribution in [0, 0.1) is 0 Å². The van der Waals surface area contributed by atoms with Crippen LogP contribution in [0.5, 0.6) is 5.75 Å². The largest absolute Gasteiger partial charge is 0.497 e. The fraction of sp³-hybridized carbons (Fsp3) is 0.200. The number of hydrogen-bond donors (Lipinski definition) is 1. The first-order valence-corrected chi connectivity index (χ1v) is 8.19. The number of carbonyl (C=O) groups is 2. The van der Waals surface area contributed by atoms with Crippen LogP contribution in [0.2, 0.25) is 0 Å². The van der Waals surface area contributed by atoms with Crippen molar-refractivity contribution in [2.45, 2.75) is 6.92 Å². The second kappa shape index (κ2) is 6.92. The van der Waals surface area contributed by atoms with E-state index in [4.69, 9.17) is 4.74 Å². The molecule has 134 valence electrons. The number of benzene rings is 2. The van der Waals surface area contributed by atoms with Gasteiger partial charge in [0.2, 0.25) is 5.91 Å². The molecule has 0 fully saturated rings. The van der Waals surface area contributed by atoms with Crippen LogP contribution in [-0.4, -0.2) is 37.6 Å². The second-order valence-corrected chi connectivity index (χ2v) is 6.21. The number of anilines is 2. The number of rotatable bonds is 4. The van der Waals surface area contributed by atoms with E-state index in [0.717, 1.165) is 5.69 Å². The van der Waals surface area contributed by atoms with Gasteiger partial charge in [0, 0.05) is 44.0 Å². The number of fused-ring (bicyclic) bond motifs is 1. The average Bonchev–Trinajstić information content (AvgIpc) is 3.01. The van der Waals surface area contributed by atoms with Crippen LogP contribution in [0.1, 0.15) is 22.1 Å². The van der Waals surface area contributed by atoms with Gasteiger partial charge in [-0.05, 0) is 42.5 Å². The van der Waals surface area contributed by atoms with Gasteiger partial charge in [0.15, 0.2) is 0 Å². The summed E-state index contributed by atoms with van der Waals surface area (Å²) in [4.78, 5) is 26.7. The molecule has 1 amide bonds. The lowest BCUT2D eigenvalue weighted by atomic mass is 10.1. The summed E-state index contributed by atoms with van der Waals surface area (Å²) in [7, 11) is 5.48. The molecule has 1 aromatic heterocycles. The number of methoxy groups -OCH3 is 1. The molecule has 0 bridgehead atoms. The van der Waals surface area contributed by atoms with E-state index in [9.17, 15) is 9.59 Å². The molecule has 26 heavy (non-hydrogen) atoms. The number of ether oxygens (including phenoxy) is 1. The molecule has 6 nitrogen and oxygen atoms in total. The molecule has 2 aromatic carbocycles. The summed E-state index contributed by atoms with van der Waals surface area (Å²) >= 11 is 0. The molecule has 0 aliphatic carbocycles. The van der Waals surface area contributed by atoms with E-state index in [0.29, 0.717) is 27.9 Å². The number of hydrogen-bond acceptors (Lipinski definition) is 4. The molecule has 0 atom stereocenters. The average molecular weight is 351 g/mol. The van der Waals surface area contributed by atoms with Crippen LogP contribution in [0.25, 0.3) is 10.9 Å². The molecule has 0 spiro atoms. The van der Waals surface area contributed by atoms with Gasteiger partial charge in [0.25, 0.3) is 5.91 Å². The summed E-state index contributed by atoms with van der Waals surface area (Å²) < 4.78 is 6.72. The van der Waals surface area contributed by atoms with Crippen molar-refractivity contribution in [1.29, 1.82) is 0 Å². The van der Waals surface area contributed by atoms with Gasteiger partial charge >= 0.3 is 0 Å². The van der Waals surface area contributed by atoms with Gasteiger partial charge in [-0.15, -0.1) is 0 Å². The zero-order valence-electron chi connectivity index (χ0n) is 15.2. The van der Waals surface area contributed by atoms with Crippen LogP contribution in [-0.2, 0) is 0 Å². The standard InChI is InChI=1S/C20H21N3O3/c1-13(24)23-12-18(17-11-16(26-4)9-10-19(17)23)20(25)21-14-5-7-15(8-6-14)22(2)3/h5-12H,1-4H3,(H,21,25). The topological polar surface area (TPSA) is 63.6 Å². The highest BCUT2D eigenvalue weighted by Crippen LogP contribution is 2.27. The molecule has 0 saturated heterocycles. The first kappa shape index (κ1) is 17.5. The molecule has 6 heteroatoms. The highest BCUT2D eigenvalue weighted by atomic mass is 16.5. The van der Waals surface area contributed by atoms with Crippen molar-refractivity contribution in [3.05, 3.63) is 54.2 Å². The Hall–Kier alpha value is -3.28. The minimum Gasteiger partial charge on any atom is -0.497 e. The maximum absolute atomic E-state index is 12.8. The number of carbonyl (C=O) groups excluding carboxylic acids is 2.